The first-order valence-corrected chi connectivity index (χ1v) is 12.4. The van der Waals surface area contributed by atoms with Gasteiger partial charge in [0, 0.05) is 25.6 Å². The molecule has 1 amide bonds. The molecule has 1 aliphatic heterocycles. The van der Waals surface area contributed by atoms with E-state index in [1.807, 2.05) is 30.3 Å². The quantitative estimate of drug-likeness (QED) is 0.438. The molecular weight excluding hydrogens is 440 g/mol. The molecular formula is C28H36N4O3. The molecule has 2 N–H and O–H groups in total. The molecule has 1 aromatic heterocycles. The fourth-order valence-corrected chi connectivity index (χ4v) is 4.75. The van der Waals surface area contributed by atoms with Crippen LogP contribution in [-0.4, -0.2) is 43.2 Å². The van der Waals surface area contributed by atoms with Crippen molar-refractivity contribution in [2.75, 3.05) is 27.2 Å². The molecule has 1 aliphatic rings. The predicted octanol–water partition coefficient (Wildman–Crippen LogP) is 3.79. The zero-order valence-corrected chi connectivity index (χ0v) is 20.7. The maximum Gasteiger partial charge on any atom is 0.220 e. The molecule has 0 spiro atoms. The Labute approximate surface area is 207 Å². The molecule has 7 nitrogen and oxygen atoms in total. The second kappa shape index (κ2) is 12.5. The third-order valence-electron chi connectivity index (χ3n) is 6.66. The minimum absolute atomic E-state index is 0.0982. The van der Waals surface area contributed by atoms with E-state index in [1.54, 1.807) is 7.11 Å². The summed E-state index contributed by atoms with van der Waals surface area (Å²) < 4.78 is 10.8. The minimum atomic E-state index is 0.0982. The Kier molecular flexibility index (Phi) is 8.92. The van der Waals surface area contributed by atoms with Crippen LogP contribution in [0.4, 0.5) is 0 Å². The topological polar surface area (TPSA) is 79.6 Å². The van der Waals surface area contributed by atoms with E-state index in [1.165, 1.54) is 5.56 Å². The van der Waals surface area contributed by atoms with Gasteiger partial charge in [-0.2, -0.15) is 0 Å². The normalized spacial score (nSPS) is 17.9. The van der Waals surface area contributed by atoms with Crippen LogP contribution in [-0.2, 0) is 30.8 Å². The van der Waals surface area contributed by atoms with Crippen LogP contribution in [0, 0.1) is 11.8 Å². The van der Waals surface area contributed by atoms with Crippen LogP contribution in [0.25, 0.3) is 0 Å². The highest BCUT2D eigenvalue weighted by Crippen LogP contribution is 2.26. The van der Waals surface area contributed by atoms with Crippen molar-refractivity contribution in [1.82, 2.24) is 20.7 Å². The van der Waals surface area contributed by atoms with Crippen molar-refractivity contribution < 1.29 is 14.1 Å². The van der Waals surface area contributed by atoms with Crippen LogP contribution in [0.2, 0.25) is 0 Å². The lowest BCUT2D eigenvalue weighted by Crippen LogP contribution is -2.40. The number of piperidine rings is 1. The number of aromatic nitrogens is 1. The second-order valence-electron chi connectivity index (χ2n) is 9.49. The molecule has 4 rings (SSSR count). The number of carbonyl (C=O) groups is 1. The van der Waals surface area contributed by atoms with E-state index in [4.69, 9.17) is 9.26 Å². The maximum absolute atomic E-state index is 12.7. The van der Waals surface area contributed by atoms with Gasteiger partial charge >= 0.3 is 0 Å². The van der Waals surface area contributed by atoms with Crippen molar-refractivity contribution in [1.29, 1.82) is 0 Å². The summed E-state index contributed by atoms with van der Waals surface area (Å²) >= 11 is 0. The first-order valence-electron chi connectivity index (χ1n) is 12.4. The fraction of sp³-hybridized carbons (Fsp3) is 0.429. The van der Waals surface area contributed by atoms with Crippen molar-refractivity contribution in [3.05, 3.63) is 83.2 Å². The Morgan fingerprint density at radius 2 is 1.91 bits per heavy atom. The highest BCUT2D eigenvalue weighted by molar-refractivity contribution is 5.76. The van der Waals surface area contributed by atoms with Gasteiger partial charge in [-0.1, -0.05) is 47.6 Å². The van der Waals surface area contributed by atoms with Crippen LogP contribution in [0.5, 0.6) is 5.75 Å². The van der Waals surface area contributed by atoms with E-state index in [0.717, 1.165) is 55.2 Å². The molecule has 3 aromatic rings. The first-order chi connectivity index (χ1) is 17.1. The van der Waals surface area contributed by atoms with Gasteiger partial charge in [-0.15, -0.1) is 0 Å². The smallest absolute Gasteiger partial charge is 0.220 e. The van der Waals surface area contributed by atoms with Crippen molar-refractivity contribution in [2.45, 2.75) is 38.9 Å². The van der Waals surface area contributed by atoms with E-state index in [0.29, 0.717) is 31.3 Å². The molecule has 7 heteroatoms. The van der Waals surface area contributed by atoms with Gasteiger partial charge < -0.3 is 19.9 Å². The van der Waals surface area contributed by atoms with Crippen LogP contribution >= 0.6 is 0 Å². The standard InChI is InChI=1S/C28H36N4O3/c1-32(19-22-6-4-3-5-7-22)20-27-16-25(31-35-27)14-24-18-29-13-12-23(24)15-28(33)30-17-21-8-10-26(34-2)11-9-21/h3-11,16,23-24,29H,12-15,17-20H2,1-2H3,(H,30,33)/t23-,24+/m0/s1. The van der Waals surface area contributed by atoms with E-state index >= 15 is 0 Å². The van der Waals surface area contributed by atoms with E-state index in [9.17, 15) is 4.79 Å². The van der Waals surface area contributed by atoms with Crippen LogP contribution < -0.4 is 15.4 Å². The van der Waals surface area contributed by atoms with Gasteiger partial charge in [0.15, 0.2) is 5.76 Å². The van der Waals surface area contributed by atoms with Crippen molar-refractivity contribution in [3.63, 3.8) is 0 Å². The monoisotopic (exact) mass is 476 g/mol. The highest BCUT2D eigenvalue weighted by Gasteiger charge is 2.28. The molecule has 0 radical (unpaired) electrons. The third kappa shape index (κ3) is 7.67. The van der Waals surface area contributed by atoms with Gasteiger partial charge in [0.2, 0.25) is 5.91 Å². The van der Waals surface area contributed by atoms with E-state index in [-0.39, 0.29) is 5.91 Å². The van der Waals surface area contributed by atoms with Crippen molar-refractivity contribution >= 4 is 5.91 Å². The number of ether oxygens (including phenoxy) is 1. The second-order valence-corrected chi connectivity index (χ2v) is 9.49. The predicted molar refractivity (Wildman–Crippen MR) is 136 cm³/mol. The van der Waals surface area contributed by atoms with Crippen LogP contribution in [0.15, 0.2) is 65.2 Å². The van der Waals surface area contributed by atoms with E-state index < -0.39 is 0 Å². The number of nitrogens with zero attached hydrogens (tertiary/aromatic N) is 2. The molecule has 0 unspecified atom stereocenters. The number of benzene rings is 2. The zero-order valence-electron chi connectivity index (χ0n) is 20.7. The molecule has 2 atom stereocenters. The van der Waals surface area contributed by atoms with Gasteiger partial charge in [0.1, 0.15) is 5.75 Å². The number of hydrogen-bond acceptors (Lipinski definition) is 6. The van der Waals surface area contributed by atoms with Gasteiger partial charge in [-0.25, -0.2) is 0 Å². The summed E-state index contributed by atoms with van der Waals surface area (Å²) in [5.74, 6) is 2.47. The molecule has 186 valence electrons. The number of hydrogen-bond donors (Lipinski definition) is 2. The SMILES string of the molecule is COc1ccc(CNC(=O)C[C@@H]2CCNC[C@H]2Cc2cc(CN(C)Cc3ccccc3)on2)cc1. The Balaban J connectivity index is 1.26. The fourth-order valence-electron chi connectivity index (χ4n) is 4.75. The zero-order chi connectivity index (χ0) is 24.5. The minimum Gasteiger partial charge on any atom is -0.497 e. The Hall–Kier alpha value is -3.16. The number of amides is 1. The molecule has 2 aromatic carbocycles. The number of rotatable bonds is 11. The maximum atomic E-state index is 12.7. The summed E-state index contributed by atoms with van der Waals surface area (Å²) in [5, 5.41) is 10.9. The van der Waals surface area contributed by atoms with Crippen molar-refractivity contribution in [3.8, 4) is 5.75 Å². The largest absolute Gasteiger partial charge is 0.497 e. The van der Waals surface area contributed by atoms with Gasteiger partial charge in [0.25, 0.3) is 0 Å². The highest BCUT2D eigenvalue weighted by atomic mass is 16.5. The molecule has 0 aliphatic carbocycles. The number of nitrogens with one attached hydrogen (secondary N) is 2. The van der Waals surface area contributed by atoms with Gasteiger partial charge in [-0.05, 0) is 68.1 Å². The average molecular weight is 477 g/mol. The summed E-state index contributed by atoms with van der Waals surface area (Å²) in [6.07, 6.45) is 2.34. The first kappa shape index (κ1) is 24.9. The molecule has 0 bridgehead atoms. The number of methoxy groups -OCH3 is 1. The lowest BCUT2D eigenvalue weighted by atomic mass is 9.81. The third-order valence-corrected chi connectivity index (χ3v) is 6.66. The Bertz CT molecular complexity index is 1050. The van der Waals surface area contributed by atoms with Crippen molar-refractivity contribution in [2.24, 2.45) is 11.8 Å². The summed E-state index contributed by atoms with van der Waals surface area (Å²) in [4.78, 5) is 14.9. The van der Waals surface area contributed by atoms with E-state index in [2.05, 4.69) is 58.1 Å². The lowest BCUT2D eigenvalue weighted by molar-refractivity contribution is -0.122. The molecule has 35 heavy (non-hydrogen) atoms. The average Bonchev–Trinajstić information content (AvgIpc) is 3.31. The Morgan fingerprint density at radius 3 is 2.69 bits per heavy atom. The molecule has 0 saturated carbocycles. The molecule has 1 fully saturated rings. The summed E-state index contributed by atoms with van der Waals surface area (Å²) in [6, 6.07) is 20.3. The molecule has 1 saturated heterocycles. The summed E-state index contributed by atoms with van der Waals surface area (Å²) in [6.45, 7) is 3.94. The summed E-state index contributed by atoms with van der Waals surface area (Å²) in [5.41, 5.74) is 3.30. The summed E-state index contributed by atoms with van der Waals surface area (Å²) in [7, 11) is 3.73. The Morgan fingerprint density at radius 1 is 1.11 bits per heavy atom. The number of carbonyl (C=O) groups excluding carboxylic acids is 1. The van der Waals surface area contributed by atoms with Crippen LogP contribution in [0.1, 0.15) is 35.4 Å². The van der Waals surface area contributed by atoms with Gasteiger partial charge in [0.05, 0.1) is 19.3 Å². The lowest BCUT2D eigenvalue weighted by Gasteiger charge is -2.31. The van der Waals surface area contributed by atoms with Crippen LogP contribution in [0.3, 0.4) is 0 Å². The van der Waals surface area contributed by atoms with Gasteiger partial charge in [-0.3, -0.25) is 9.69 Å². The molecule has 2 heterocycles.